The SMILES string of the molecule is Cc1cc(O)c(O)c(Br)c1C(=O)O. The van der Waals surface area contributed by atoms with Gasteiger partial charge < -0.3 is 15.3 Å². The third kappa shape index (κ3) is 1.60. The van der Waals surface area contributed by atoms with E-state index in [9.17, 15) is 9.90 Å². The van der Waals surface area contributed by atoms with Crippen molar-refractivity contribution in [2.24, 2.45) is 0 Å². The Kier molecular flexibility index (Phi) is 2.47. The van der Waals surface area contributed by atoms with E-state index in [1.807, 2.05) is 0 Å². The number of carboxylic acids is 1. The van der Waals surface area contributed by atoms with Gasteiger partial charge in [0.2, 0.25) is 0 Å². The molecule has 70 valence electrons. The first-order valence-electron chi connectivity index (χ1n) is 3.39. The van der Waals surface area contributed by atoms with Gasteiger partial charge in [-0.25, -0.2) is 4.79 Å². The number of phenolic OH excluding ortho intramolecular Hbond substituents is 2. The van der Waals surface area contributed by atoms with Crippen molar-refractivity contribution < 1.29 is 20.1 Å². The molecule has 1 aromatic rings. The van der Waals surface area contributed by atoms with Gasteiger partial charge in [0.25, 0.3) is 0 Å². The molecule has 0 unspecified atom stereocenters. The van der Waals surface area contributed by atoms with E-state index in [1.54, 1.807) is 0 Å². The number of hydrogen-bond donors (Lipinski definition) is 3. The van der Waals surface area contributed by atoms with Gasteiger partial charge in [-0.05, 0) is 34.5 Å². The van der Waals surface area contributed by atoms with Crippen LogP contribution in [0, 0.1) is 6.92 Å². The monoisotopic (exact) mass is 246 g/mol. The van der Waals surface area contributed by atoms with Crippen LogP contribution in [0.3, 0.4) is 0 Å². The summed E-state index contributed by atoms with van der Waals surface area (Å²) in [6.45, 7) is 1.54. The summed E-state index contributed by atoms with van der Waals surface area (Å²) >= 11 is 2.89. The fourth-order valence-corrected chi connectivity index (χ4v) is 1.70. The summed E-state index contributed by atoms with van der Waals surface area (Å²) in [5.41, 5.74) is 0.338. The zero-order valence-corrected chi connectivity index (χ0v) is 8.29. The molecule has 0 spiro atoms. The molecule has 0 saturated carbocycles. The summed E-state index contributed by atoms with van der Waals surface area (Å²) in [4.78, 5) is 10.7. The largest absolute Gasteiger partial charge is 0.504 e. The van der Waals surface area contributed by atoms with E-state index in [-0.39, 0.29) is 15.8 Å². The summed E-state index contributed by atoms with van der Waals surface area (Å²) in [5, 5.41) is 27.1. The average molecular weight is 247 g/mol. The summed E-state index contributed by atoms with van der Waals surface area (Å²) in [5.74, 6) is -1.95. The van der Waals surface area contributed by atoms with Crippen molar-refractivity contribution in [1.29, 1.82) is 0 Å². The Labute approximate surface area is 82.6 Å². The maximum Gasteiger partial charge on any atom is 0.337 e. The van der Waals surface area contributed by atoms with Crippen molar-refractivity contribution in [3.8, 4) is 11.5 Å². The molecule has 0 aliphatic heterocycles. The molecule has 1 aromatic carbocycles. The summed E-state index contributed by atoms with van der Waals surface area (Å²) in [6, 6.07) is 1.20. The lowest BCUT2D eigenvalue weighted by atomic mass is 10.1. The fourth-order valence-electron chi connectivity index (χ4n) is 1.01. The molecule has 1 rings (SSSR count). The van der Waals surface area contributed by atoms with Crippen molar-refractivity contribution >= 4 is 21.9 Å². The van der Waals surface area contributed by atoms with Crippen LogP contribution in [0.2, 0.25) is 0 Å². The molecule has 5 heteroatoms. The molecule has 0 heterocycles. The van der Waals surface area contributed by atoms with E-state index in [2.05, 4.69) is 15.9 Å². The van der Waals surface area contributed by atoms with E-state index in [0.717, 1.165) is 0 Å². The second-order valence-electron chi connectivity index (χ2n) is 2.56. The minimum Gasteiger partial charge on any atom is -0.504 e. The standard InChI is InChI=1S/C8H7BrO4/c1-3-2-4(10)7(11)6(9)5(3)8(12)13/h2,10-11H,1H3,(H,12,13). The topological polar surface area (TPSA) is 77.8 Å². The lowest BCUT2D eigenvalue weighted by molar-refractivity contribution is 0.0694. The highest BCUT2D eigenvalue weighted by Gasteiger charge is 2.18. The number of rotatable bonds is 1. The number of aromatic carboxylic acids is 1. The van der Waals surface area contributed by atoms with Crippen LogP contribution in [0.25, 0.3) is 0 Å². The van der Waals surface area contributed by atoms with E-state index in [0.29, 0.717) is 5.56 Å². The van der Waals surface area contributed by atoms with Crippen LogP contribution in [0.1, 0.15) is 15.9 Å². The van der Waals surface area contributed by atoms with Gasteiger partial charge in [-0.15, -0.1) is 0 Å². The number of hydrogen-bond acceptors (Lipinski definition) is 3. The molecular formula is C8H7BrO4. The summed E-state index contributed by atoms with van der Waals surface area (Å²) in [6.07, 6.45) is 0. The molecule has 0 bridgehead atoms. The maximum absolute atomic E-state index is 10.7. The molecule has 0 atom stereocenters. The van der Waals surface area contributed by atoms with Crippen molar-refractivity contribution in [2.45, 2.75) is 6.92 Å². The smallest absolute Gasteiger partial charge is 0.337 e. The molecular weight excluding hydrogens is 240 g/mol. The van der Waals surface area contributed by atoms with Gasteiger partial charge in [0.15, 0.2) is 11.5 Å². The van der Waals surface area contributed by atoms with Gasteiger partial charge in [0.1, 0.15) is 0 Å². The van der Waals surface area contributed by atoms with Crippen molar-refractivity contribution in [3.63, 3.8) is 0 Å². The molecule has 4 nitrogen and oxygen atoms in total. The van der Waals surface area contributed by atoms with Crippen LogP contribution in [0.5, 0.6) is 11.5 Å². The van der Waals surface area contributed by atoms with Crippen LogP contribution < -0.4 is 0 Å². The molecule has 0 saturated heterocycles. The van der Waals surface area contributed by atoms with Crippen LogP contribution >= 0.6 is 15.9 Å². The Morgan fingerprint density at radius 2 is 2.00 bits per heavy atom. The number of carbonyl (C=O) groups is 1. The second-order valence-corrected chi connectivity index (χ2v) is 3.35. The predicted molar refractivity (Wildman–Crippen MR) is 49.2 cm³/mol. The molecule has 13 heavy (non-hydrogen) atoms. The third-order valence-electron chi connectivity index (χ3n) is 1.63. The Bertz CT molecular complexity index is 373. The molecule has 0 aliphatic carbocycles. The Morgan fingerprint density at radius 3 is 2.46 bits per heavy atom. The molecule has 3 N–H and O–H groups in total. The summed E-state index contributed by atoms with van der Waals surface area (Å²) < 4.78 is -0.00231. The highest BCUT2D eigenvalue weighted by molar-refractivity contribution is 9.10. The average Bonchev–Trinajstić information content (AvgIpc) is 1.99. The van der Waals surface area contributed by atoms with Crippen molar-refractivity contribution in [3.05, 3.63) is 21.7 Å². The number of phenols is 2. The zero-order valence-electron chi connectivity index (χ0n) is 6.71. The Morgan fingerprint density at radius 1 is 1.46 bits per heavy atom. The van der Waals surface area contributed by atoms with Crippen LogP contribution in [0.15, 0.2) is 10.5 Å². The lowest BCUT2D eigenvalue weighted by Gasteiger charge is -2.07. The first-order valence-corrected chi connectivity index (χ1v) is 4.18. The van der Waals surface area contributed by atoms with E-state index >= 15 is 0 Å². The van der Waals surface area contributed by atoms with Gasteiger partial charge in [0, 0.05) is 0 Å². The molecule has 0 aliphatic rings. The highest BCUT2D eigenvalue weighted by Crippen LogP contribution is 2.37. The zero-order chi connectivity index (χ0) is 10.2. The van der Waals surface area contributed by atoms with Gasteiger partial charge in [-0.1, -0.05) is 0 Å². The molecule has 0 amide bonds. The normalized spacial score (nSPS) is 10.0. The van der Waals surface area contributed by atoms with Crippen LogP contribution in [0.4, 0.5) is 0 Å². The number of aromatic hydroxyl groups is 2. The number of benzene rings is 1. The van der Waals surface area contributed by atoms with E-state index in [1.165, 1.54) is 13.0 Å². The predicted octanol–water partition coefficient (Wildman–Crippen LogP) is 1.87. The first-order chi connectivity index (χ1) is 5.95. The quantitative estimate of drug-likeness (QED) is 0.662. The summed E-state index contributed by atoms with van der Waals surface area (Å²) in [7, 11) is 0. The van der Waals surface area contributed by atoms with Gasteiger partial charge in [-0.2, -0.15) is 0 Å². The Hall–Kier alpha value is -1.23. The highest BCUT2D eigenvalue weighted by atomic mass is 79.9. The maximum atomic E-state index is 10.7. The Balaban J connectivity index is 3.53. The second kappa shape index (κ2) is 3.26. The first kappa shape index (κ1) is 9.85. The molecule has 0 radical (unpaired) electrons. The van der Waals surface area contributed by atoms with Crippen LogP contribution in [-0.4, -0.2) is 21.3 Å². The molecule has 0 aromatic heterocycles. The number of aryl methyl sites for hydroxylation is 1. The van der Waals surface area contributed by atoms with Crippen LogP contribution in [-0.2, 0) is 0 Å². The third-order valence-corrected chi connectivity index (χ3v) is 2.40. The van der Waals surface area contributed by atoms with Crippen molar-refractivity contribution in [2.75, 3.05) is 0 Å². The fraction of sp³-hybridized carbons (Fsp3) is 0.125. The molecule has 0 fully saturated rings. The van der Waals surface area contributed by atoms with Gasteiger partial charge in [0.05, 0.1) is 10.0 Å². The minimum atomic E-state index is -1.15. The van der Waals surface area contributed by atoms with Gasteiger partial charge >= 0.3 is 5.97 Å². The number of halogens is 1. The van der Waals surface area contributed by atoms with Gasteiger partial charge in [-0.3, -0.25) is 0 Å². The van der Waals surface area contributed by atoms with Crippen molar-refractivity contribution in [1.82, 2.24) is 0 Å². The van der Waals surface area contributed by atoms with E-state index < -0.39 is 11.7 Å². The lowest BCUT2D eigenvalue weighted by Crippen LogP contribution is -2.01. The minimum absolute atomic E-state index is 0.00231. The van der Waals surface area contributed by atoms with E-state index in [4.69, 9.17) is 10.2 Å². The number of carboxylic acid groups (broad SMARTS) is 1.